The number of aromatic nitrogens is 4. The fourth-order valence-electron chi connectivity index (χ4n) is 5.05. The summed E-state index contributed by atoms with van der Waals surface area (Å²) in [6.07, 6.45) is 12.8. The summed E-state index contributed by atoms with van der Waals surface area (Å²) in [6, 6.07) is 17.4. The summed E-state index contributed by atoms with van der Waals surface area (Å²) in [7, 11) is 0. The highest BCUT2D eigenvalue weighted by molar-refractivity contribution is 6.09. The van der Waals surface area contributed by atoms with E-state index in [1.54, 1.807) is 29.3 Å². The molecule has 2 aromatic carbocycles. The second kappa shape index (κ2) is 11.6. The number of hydrogen-bond acceptors (Lipinski definition) is 8. The summed E-state index contributed by atoms with van der Waals surface area (Å²) in [4.78, 5) is 11.7. The quantitative estimate of drug-likeness (QED) is 0.366. The van der Waals surface area contributed by atoms with Crippen LogP contribution in [0.15, 0.2) is 90.6 Å². The second-order valence-electron chi connectivity index (χ2n) is 10.1. The average molecular weight is 531 g/mol. The summed E-state index contributed by atoms with van der Waals surface area (Å²) < 4.78 is 1.99. The van der Waals surface area contributed by atoms with Crippen molar-refractivity contribution >= 4 is 5.71 Å². The fourth-order valence-corrected chi connectivity index (χ4v) is 5.05. The third-order valence-electron chi connectivity index (χ3n) is 7.25. The van der Waals surface area contributed by atoms with E-state index in [2.05, 4.69) is 37.3 Å². The molecule has 2 aromatic heterocycles. The predicted octanol–water partition coefficient (Wildman–Crippen LogP) is 4.07. The van der Waals surface area contributed by atoms with E-state index in [1.165, 1.54) is 25.9 Å². The number of benzene rings is 2. The molecule has 4 heterocycles. The molecule has 1 fully saturated rings. The molecule has 9 nitrogen and oxygen atoms in total. The third-order valence-corrected chi connectivity index (χ3v) is 7.25. The van der Waals surface area contributed by atoms with Crippen LogP contribution < -0.4 is 0 Å². The molecule has 1 atom stereocenters. The number of likely N-dealkylation sites (tertiary alicyclic amines) is 1. The molecule has 9 heteroatoms. The lowest BCUT2D eigenvalue weighted by atomic mass is 10.1. The molecule has 0 amide bonds. The van der Waals surface area contributed by atoms with E-state index in [0.717, 1.165) is 40.9 Å². The molecule has 0 radical (unpaired) electrons. The van der Waals surface area contributed by atoms with Gasteiger partial charge in [0.25, 0.3) is 0 Å². The van der Waals surface area contributed by atoms with E-state index in [4.69, 9.17) is 0 Å². The number of nitrogens with zero attached hydrogens (tertiary/aromatic N) is 8. The van der Waals surface area contributed by atoms with Gasteiger partial charge in [-0.1, -0.05) is 30.3 Å². The second-order valence-corrected chi connectivity index (χ2v) is 10.1. The van der Waals surface area contributed by atoms with Crippen LogP contribution in [-0.4, -0.2) is 66.3 Å². The first-order chi connectivity index (χ1) is 19.6. The Morgan fingerprint density at radius 2 is 1.70 bits per heavy atom. The summed E-state index contributed by atoms with van der Waals surface area (Å²) in [5.74, 6) is 0.628. The van der Waals surface area contributed by atoms with Crippen LogP contribution in [0.5, 0.6) is 0 Å². The number of aliphatic hydroxyl groups excluding tert-OH is 1. The molecule has 2 aliphatic heterocycles. The highest BCUT2D eigenvalue weighted by atomic mass is 16.3. The largest absolute Gasteiger partial charge is 0.369 e. The molecule has 6 rings (SSSR count). The van der Waals surface area contributed by atoms with E-state index >= 15 is 0 Å². The lowest BCUT2D eigenvalue weighted by Gasteiger charge is -2.27. The Hall–Kier alpha value is -4.65. The minimum Gasteiger partial charge on any atom is -0.369 e. The van der Waals surface area contributed by atoms with Crippen LogP contribution >= 0.6 is 0 Å². The van der Waals surface area contributed by atoms with Crippen molar-refractivity contribution in [3.63, 3.8) is 0 Å². The molecule has 1 N–H and O–H groups in total. The van der Waals surface area contributed by atoms with Gasteiger partial charge in [0.05, 0.1) is 36.6 Å². The zero-order valence-corrected chi connectivity index (χ0v) is 22.1. The molecule has 200 valence electrons. The number of allylic oxidation sites excluding steroid dienone is 1. The first kappa shape index (κ1) is 25.6. The Balaban J connectivity index is 1.14. The van der Waals surface area contributed by atoms with Crippen LogP contribution in [0, 0.1) is 11.3 Å². The molecule has 0 spiro atoms. The number of rotatable bonds is 8. The Bertz CT molecular complexity index is 1580. The minimum atomic E-state index is -0.849. The van der Waals surface area contributed by atoms with Gasteiger partial charge in [-0.3, -0.25) is 9.69 Å². The van der Waals surface area contributed by atoms with Gasteiger partial charge in [-0.15, -0.1) is 0 Å². The predicted molar refractivity (Wildman–Crippen MR) is 153 cm³/mol. The lowest BCUT2D eigenvalue weighted by molar-refractivity contribution is 0.0358. The first-order valence-electron chi connectivity index (χ1n) is 13.5. The molecule has 1 unspecified atom stereocenters. The molecule has 2 aliphatic rings. The molecule has 0 saturated carbocycles. The van der Waals surface area contributed by atoms with Crippen LogP contribution in [0.2, 0.25) is 0 Å². The summed E-state index contributed by atoms with van der Waals surface area (Å²) in [5, 5.41) is 30.6. The third kappa shape index (κ3) is 5.83. The van der Waals surface area contributed by atoms with Crippen molar-refractivity contribution in [1.82, 2.24) is 29.7 Å². The van der Waals surface area contributed by atoms with Gasteiger partial charge in [0.1, 0.15) is 0 Å². The first-order valence-corrected chi connectivity index (χ1v) is 13.5. The molecule has 0 bridgehead atoms. The molecular formula is C31H30N8O. The van der Waals surface area contributed by atoms with Crippen LogP contribution in [0.3, 0.4) is 0 Å². The molecule has 40 heavy (non-hydrogen) atoms. The lowest BCUT2D eigenvalue weighted by Crippen LogP contribution is -2.32. The monoisotopic (exact) mass is 530 g/mol. The zero-order chi connectivity index (χ0) is 27.3. The smallest absolute Gasteiger partial charge is 0.162 e. The van der Waals surface area contributed by atoms with Crippen molar-refractivity contribution in [2.75, 3.05) is 19.6 Å². The number of hydrazone groups is 1. The number of hydrogen-bond donors (Lipinski definition) is 1. The molecule has 0 aliphatic carbocycles. The molecular weight excluding hydrogens is 500 g/mol. The normalized spacial score (nSPS) is 17.1. The van der Waals surface area contributed by atoms with Gasteiger partial charge < -0.3 is 10.0 Å². The maximum atomic E-state index is 10.6. The topological polar surface area (TPSA) is 106 Å². The Labute approximate surface area is 233 Å². The van der Waals surface area contributed by atoms with Gasteiger partial charge in [-0.25, -0.2) is 9.97 Å². The van der Waals surface area contributed by atoms with Gasteiger partial charge >= 0.3 is 0 Å². The standard InChI is InChI=1S/C31H30N8O/c32-17-23-5-3-7-25(15-23)29-9-10-30(40)39(36-29)21-24-6-4-8-26(16-24)31-33-18-27(19-34-31)28-20-35-38(22-28)14-13-37-11-1-2-12-37/h3-10,15-16,18-20,22,30,40H,1-2,11-14,21H2. The van der Waals surface area contributed by atoms with Gasteiger partial charge in [0.2, 0.25) is 0 Å². The summed E-state index contributed by atoms with van der Waals surface area (Å²) in [5.41, 5.74) is 5.87. The Kier molecular flexibility index (Phi) is 7.44. The van der Waals surface area contributed by atoms with Crippen molar-refractivity contribution in [2.24, 2.45) is 5.10 Å². The highest BCUT2D eigenvalue weighted by Crippen LogP contribution is 2.23. The average Bonchev–Trinajstić information content (AvgIpc) is 3.70. The van der Waals surface area contributed by atoms with Crippen molar-refractivity contribution in [3.05, 3.63) is 102 Å². The van der Waals surface area contributed by atoms with Gasteiger partial charge in [-0.05, 0) is 61.8 Å². The highest BCUT2D eigenvalue weighted by Gasteiger charge is 2.18. The molecule has 4 aromatic rings. The van der Waals surface area contributed by atoms with Crippen molar-refractivity contribution in [3.8, 4) is 28.6 Å². The van der Waals surface area contributed by atoms with E-state index in [9.17, 15) is 10.4 Å². The van der Waals surface area contributed by atoms with Gasteiger partial charge in [0, 0.05) is 47.4 Å². The summed E-state index contributed by atoms with van der Waals surface area (Å²) in [6.45, 7) is 4.68. The van der Waals surface area contributed by atoms with E-state index in [1.807, 2.05) is 59.7 Å². The fraction of sp³-hybridized carbons (Fsp3) is 0.258. The number of nitriles is 1. The van der Waals surface area contributed by atoms with Crippen LogP contribution in [-0.2, 0) is 13.1 Å². The van der Waals surface area contributed by atoms with E-state index < -0.39 is 6.23 Å². The van der Waals surface area contributed by atoms with E-state index in [-0.39, 0.29) is 0 Å². The van der Waals surface area contributed by atoms with Crippen LogP contribution in [0.25, 0.3) is 22.5 Å². The SMILES string of the molecule is N#Cc1cccc(C2=NN(Cc3cccc(-c4ncc(-c5cnn(CCN6CCCC6)c5)cn4)c3)C(O)C=C2)c1. The van der Waals surface area contributed by atoms with Crippen LogP contribution in [0.1, 0.15) is 29.5 Å². The van der Waals surface area contributed by atoms with E-state index in [0.29, 0.717) is 23.6 Å². The van der Waals surface area contributed by atoms with Crippen molar-refractivity contribution < 1.29 is 5.11 Å². The van der Waals surface area contributed by atoms with Gasteiger partial charge in [-0.2, -0.15) is 15.5 Å². The van der Waals surface area contributed by atoms with Crippen molar-refractivity contribution in [2.45, 2.75) is 32.2 Å². The maximum absolute atomic E-state index is 10.6. The van der Waals surface area contributed by atoms with Crippen molar-refractivity contribution in [1.29, 1.82) is 5.26 Å². The number of aliphatic hydroxyl groups is 1. The maximum Gasteiger partial charge on any atom is 0.162 e. The zero-order valence-electron chi connectivity index (χ0n) is 22.1. The Morgan fingerprint density at radius 1 is 0.900 bits per heavy atom. The molecule has 1 saturated heterocycles. The van der Waals surface area contributed by atoms with Gasteiger partial charge in [0.15, 0.2) is 12.1 Å². The summed E-state index contributed by atoms with van der Waals surface area (Å²) >= 11 is 0. The Morgan fingerprint density at radius 3 is 2.52 bits per heavy atom. The minimum absolute atomic E-state index is 0.398. The van der Waals surface area contributed by atoms with Crippen LogP contribution in [0.4, 0.5) is 0 Å².